The van der Waals surface area contributed by atoms with Crippen molar-refractivity contribution >= 4 is 46.0 Å². The number of nitrogens with one attached hydrogen (secondary N) is 1. The number of benzene rings is 2. The largest absolute Gasteiger partial charge is 0.496 e. The van der Waals surface area contributed by atoms with E-state index in [4.69, 9.17) is 30.8 Å². The molecule has 0 saturated heterocycles. The van der Waals surface area contributed by atoms with E-state index in [9.17, 15) is 9.59 Å². The lowest BCUT2D eigenvalue weighted by molar-refractivity contribution is -0.129. The average molecular weight is 556 g/mol. The molecular formula is C28H30ClN3O5S. The summed E-state index contributed by atoms with van der Waals surface area (Å²) >= 11 is 8.25. The van der Waals surface area contributed by atoms with E-state index < -0.39 is 23.1 Å². The number of rotatable bonds is 8. The average Bonchev–Trinajstić information content (AvgIpc) is 3.41. The molecule has 1 aromatic heterocycles. The summed E-state index contributed by atoms with van der Waals surface area (Å²) in [6, 6.07) is 9.43. The number of aryl methyl sites for hydroxylation is 1. The zero-order valence-corrected chi connectivity index (χ0v) is 23.5. The number of Topliss-reactive ketones (excluding diaryl/α,β-unsaturated/α-hetero) is 1. The van der Waals surface area contributed by atoms with Gasteiger partial charge < -0.3 is 24.1 Å². The topological polar surface area (TPSA) is 91.7 Å². The molecule has 0 saturated carbocycles. The first kappa shape index (κ1) is 26.4. The molecule has 1 aliphatic carbocycles. The molecule has 0 bridgehead atoms. The van der Waals surface area contributed by atoms with Gasteiger partial charge in [0.05, 0.1) is 31.3 Å². The second kappa shape index (κ2) is 10.2. The van der Waals surface area contributed by atoms with E-state index in [1.165, 1.54) is 26.4 Å². The smallest absolute Gasteiger partial charge is 0.236 e. The summed E-state index contributed by atoms with van der Waals surface area (Å²) in [7, 11) is 4.92. The predicted octanol–water partition coefficient (Wildman–Crippen LogP) is 5.13. The van der Waals surface area contributed by atoms with Gasteiger partial charge in [-0.05, 0) is 37.0 Å². The lowest BCUT2D eigenvalue weighted by Crippen LogP contribution is -2.55. The zero-order chi connectivity index (χ0) is 27.2. The minimum absolute atomic E-state index is 0.114. The van der Waals surface area contributed by atoms with Crippen LogP contribution in [0.5, 0.6) is 17.2 Å². The van der Waals surface area contributed by atoms with Crippen LogP contribution in [0.15, 0.2) is 42.1 Å². The Labute approximate surface area is 230 Å². The van der Waals surface area contributed by atoms with Crippen LogP contribution in [0.4, 0.5) is 0 Å². The van der Waals surface area contributed by atoms with Gasteiger partial charge in [0, 0.05) is 30.8 Å². The first-order chi connectivity index (χ1) is 18.3. The Morgan fingerprint density at radius 1 is 1.26 bits per heavy atom. The van der Waals surface area contributed by atoms with E-state index in [1.54, 1.807) is 11.8 Å². The molecule has 1 spiro atoms. The Kier molecular flexibility index (Phi) is 7.09. The van der Waals surface area contributed by atoms with Crippen LogP contribution in [0.25, 0.3) is 11.0 Å². The fourth-order valence-corrected chi connectivity index (χ4v) is 6.17. The highest BCUT2D eigenvalue weighted by atomic mass is 35.5. The molecule has 10 heteroatoms. The van der Waals surface area contributed by atoms with Gasteiger partial charge in [0.1, 0.15) is 27.9 Å². The van der Waals surface area contributed by atoms with Gasteiger partial charge in [-0.25, -0.2) is 4.98 Å². The van der Waals surface area contributed by atoms with Crippen molar-refractivity contribution in [3.8, 4) is 17.2 Å². The normalized spacial score (nSPS) is 21.3. The minimum atomic E-state index is -1.70. The molecule has 2 aliphatic rings. The van der Waals surface area contributed by atoms with E-state index in [2.05, 4.69) is 16.1 Å². The van der Waals surface area contributed by atoms with Gasteiger partial charge in [-0.3, -0.25) is 9.59 Å². The predicted molar refractivity (Wildman–Crippen MR) is 149 cm³/mol. The maximum atomic E-state index is 13.8. The van der Waals surface area contributed by atoms with Crippen molar-refractivity contribution < 1.29 is 23.8 Å². The van der Waals surface area contributed by atoms with E-state index in [0.717, 1.165) is 34.7 Å². The SMILES string of the molecule is COc1cc(OC)c2c(c1Cl)OC1(C(=O)C=C(NC(CCSC)c3nc4ccccc4n3C)CC1C)C2=O. The Morgan fingerprint density at radius 3 is 2.66 bits per heavy atom. The van der Waals surface area contributed by atoms with Crippen LogP contribution < -0.4 is 19.5 Å². The van der Waals surface area contributed by atoms with Gasteiger partial charge in [0.2, 0.25) is 17.2 Å². The number of halogens is 1. The van der Waals surface area contributed by atoms with Gasteiger partial charge in [0.25, 0.3) is 0 Å². The number of carbonyl (C=O) groups excluding carboxylic acids is 2. The quantitative estimate of drug-likeness (QED) is 0.382. The molecule has 0 fully saturated rings. The summed E-state index contributed by atoms with van der Waals surface area (Å²) in [6.07, 6.45) is 4.81. The lowest BCUT2D eigenvalue weighted by Gasteiger charge is -2.36. The van der Waals surface area contributed by atoms with Crippen molar-refractivity contribution in [2.24, 2.45) is 13.0 Å². The molecular weight excluding hydrogens is 526 g/mol. The molecule has 2 heterocycles. The molecule has 2 aromatic carbocycles. The second-order valence-corrected chi connectivity index (χ2v) is 11.0. The summed E-state index contributed by atoms with van der Waals surface area (Å²) in [5.74, 6) is 1.16. The third kappa shape index (κ3) is 4.03. The molecule has 0 amide bonds. The number of thioether (sulfide) groups is 1. The summed E-state index contributed by atoms with van der Waals surface area (Å²) in [5, 5.41) is 3.71. The molecule has 200 valence electrons. The van der Waals surface area contributed by atoms with Gasteiger partial charge >= 0.3 is 0 Å². The first-order valence-corrected chi connectivity index (χ1v) is 14.1. The van der Waals surface area contributed by atoms with E-state index >= 15 is 0 Å². The van der Waals surface area contributed by atoms with Crippen molar-refractivity contribution in [2.75, 3.05) is 26.2 Å². The number of methoxy groups -OCH3 is 2. The fourth-order valence-electron chi connectivity index (χ4n) is 5.43. The maximum absolute atomic E-state index is 13.8. The third-order valence-electron chi connectivity index (χ3n) is 7.41. The van der Waals surface area contributed by atoms with Crippen molar-refractivity contribution in [3.63, 3.8) is 0 Å². The number of allylic oxidation sites excluding steroid dienone is 1. The van der Waals surface area contributed by atoms with Gasteiger partial charge in [0.15, 0.2) is 5.75 Å². The zero-order valence-electron chi connectivity index (χ0n) is 22.0. The number of ketones is 2. The summed E-state index contributed by atoms with van der Waals surface area (Å²) in [6.45, 7) is 1.85. The number of para-hydroxylation sites is 2. The minimum Gasteiger partial charge on any atom is -0.496 e. The number of imidazole rings is 1. The van der Waals surface area contributed by atoms with E-state index in [0.29, 0.717) is 12.2 Å². The molecule has 3 unspecified atom stereocenters. The molecule has 1 N–H and O–H groups in total. The highest BCUT2D eigenvalue weighted by Gasteiger charge is 2.60. The van der Waals surface area contributed by atoms with Gasteiger partial charge in [-0.15, -0.1) is 0 Å². The van der Waals surface area contributed by atoms with Crippen molar-refractivity contribution in [1.29, 1.82) is 0 Å². The Bertz CT molecular complexity index is 1470. The number of carbonyl (C=O) groups is 2. The van der Waals surface area contributed by atoms with Crippen molar-refractivity contribution in [2.45, 2.75) is 31.4 Å². The van der Waals surface area contributed by atoms with Gasteiger partial charge in [-0.1, -0.05) is 30.7 Å². The number of fused-ring (bicyclic) bond motifs is 2. The number of hydrogen-bond acceptors (Lipinski definition) is 8. The van der Waals surface area contributed by atoms with Crippen LogP contribution in [0, 0.1) is 5.92 Å². The monoisotopic (exact) mass is 555 g/mol. The lowest BCUT2D eigenvalue weighted by atomic mass is 9.74. The van der Waals surface area contributed by atoms with Crippen LogP contribution in [0.1, 0.15) is 42.0 Å². The third-order valence-corrected chi connectivity index (χ3v) is 8.42. The fraction of sp³-hybridized carbons (Fsp3) is 0.393. The Hall–Kier alpha value is -3.17. The Balaban J connectivity index is 1.49. The molecule has 38 heavy (non-hydrogen) atoms. The van der Waals surface area contributed by atoms with Gasteiger partial charge in [-0.2, -0.15) is 11.8 Å². The number of ether oxygens (including phenoxy) is 3. The van der Waals surface area contributed by atoms with Crippen LogP contribution in [-0.2, 0) is 11.8 Å². The highest BCUT2D eigenvalue weighted by Crippen LogP contribution is 2.53. The standard InChI is InChI=1S/C28H30ClN3O5S/c1-15-12-16(30-18(10-11-38-5)27-31-17-8-6-7-9-19(17)32(27)2)13-22(33)28(15)26(34)23-20(35-3)14-21(36-4)24(29)25(23)37-28/h6-9,13-15,18,30H,10-12H2,1-5H3. The summed E-state index contributed by atoms with van der Waals surface area (Å²) < 4.78 is 19.0. The maximum Gasteiger partial charge on any atom is 0.236 e. The molecule has 1 aliphatic heterocycles. The highest BCUT2D eigenvalue weighted by molar-refractivity contribution is 7.98. The number of nitrogens with zero attached hydrogens (tertiary/aromatic N) is 2. The van der Waals surface area contributed by atoms with Crippen LogP contribution >= 0.6 is 23.4 Å². The summed E-state index contributed by atoms with van der Waals surface area (Å²) in [4.78, 5) is 32.4. The number of hydrogen-bond donors (Lipinski definition) is 1. The van der Waals surface area contributed by atoms with Crippen LogP contribution in [0.2, 0.25) is 5.02 Å². The molecule has 5 rings (SSSR count). The number of aromatic nitrogens is 2. The van der Waals surface area contributed by atoms with Crippen molar-refractivity contribution in [1.82, 2.24) is 14.9 Å². The van der Waals surface area contributed by atoms with Crippen LogP contribution in [-0.4, -0.2) is 52.9 Å². The Morgan fingerprint density at radius 2 is 2.00 bits per heavy atom. The second-order valence-electron chi connectivity index (χ2n) is 9.60. The van der Waals surface area contributed by atoms with Crippen molar-refractivity contribution in [3.05, 3.63) is 58.5 Å². The van der Waals surface area contributed by atoms with Crippen LogP contribution in [0.3, 0.4) is 0 Å². The molecule has 3 atom stereocenters. The molecule has 3 aromatic rings. The molecule has 0 radical (unpaired) electrons. The van der Waals surface area contributed by atoms with E-state index in [1.807, 2.05) is 38.2 Å². The van der Waals surface area contributed by atoms with E-state index in [-0.39, 0.29) is 28.1 Å². The summed E-state index contributed by atoms with van der Waals surface area (Å²) in [5.41, 5.74) is 1.17. The molecule has 8 nitrogen and oxygen atoms in total. The first-order valence-electron chi connectivity index (χ1n) is 12.4.